The van der Waals surface area contributed by atoms with Crippen LogP contribution in [0.25, 0.3) is 0 Å². The van der Waals surface area contributed by atoms with Gasteiger partial charge in [0.15, 0.2) is 0 Å². The number of rotatable bonds is 10. The van der Waals surface area contributed by atoms with Gasteiger partial charge in [0.05, 0.1) is 6.67 Å². The summed E-state index contributed by atoms with van der Waals surface area (Å²) in [6.45, 7) is 8.61. The van der Waals surface area contributed by atoms with Crippen molar-refractivity contribution in [2.24, 2.45) is 11.8 Å². The summed E-state index contributed by atoms with van der Waals surface area (Å²) >= 11 is 0. The van der Waals surface area contributed by atoms with Crippen LogP contribution in [0, 0.1) is 11.8 Å². The molecule has 2 atom stereocenters. The molecule has 1 amide bonds. The molecule has 2 aromatic carbocycles. The molecule has 140 valence electrons. The first-order valence-corrected chi connectivity index (χ1v) is 9.71. The lowest BCUT2D eigenvalue weighted by Gasteiger charge is -2.26. The maximum atomic E-state index is 12.6. The lowest BCUT2D eigenvalue weighted by Crippen LogP contribution is -2.41. The zero-order valence-corrected chi connectivity index (χ0v) is 16.3. The normalized spacial score (nSPS) is 13.4. The van der Waals surface area contributed by atoms with Gasteiger partial charge in [0.1, 0.15) is 0 Å². The van der Waals surface area contributed by atoms with E-state index in [1.807, 2.05) is 12.1 Å². The number of nitrogens with one attached hydrogen (secondary N) is 1. The van der Waals surface area contributed by atoms with E-state index in [0.29, 0.717) is 12.6 Å². The summed E-state index contributed by atoms with van der Waals surface area (Å²) < 4.78 is 0. The lowest BCUT2D eigenvalue weighted by atomic mass is 9.89. The number of hydrogen-bond donors (Lipinski definition) is 1. The minimum absolute atomic E-state index is 0.0929. The van der Waals surface area contributed by atoms with Crippen molar-refractivity contribution in [3.05, 3.63) is 71.8 Å². The lowest BCUT2D eigenvalue weighted by molar-refractivity contribution is -0.127. The summed E-state index contributed by atoms with van der Waals surface area (Å²) in [5.74, 6) is 0.681. The molecule has 0 aliphatic heterocycles. The van der Waals surface area contributed by atoms with Crippen LogP contribution in [0.4, 0.5) is 0 Å². The third-order valence-corrected chi connectivity index (χ3v) is 5.08. The Balaban J connectivity index is 2.02. The molecular formula is C23H32N2O. The Hall–Kier alpha value is -2.13. The Kier molecular flexibility index (Phi) is 8.36. The molecular weight excluding hydrogens is 320 g/mol. The molecule has 0 saturated heterocycles. The molecule has 0 heterocycles. The van der Waals surface area contributed by atoms with E-state index < -0.39 is 0 Å². The third-order valence-electron chi connectivity index (χ3n) is 5.08. The molecule has 0 aliphatic carbocycles. The fraction of sp³-hybridized carbons (Fsp3) is 0.435. The van der Waals surface area contributed by atoms with Crippen molar-refractivity contribution in [2.75, 3.05) is 6.67 Å². The minimum atomic E-state index is 0.0929. The Bertz CT molecular complexity index is 600. The SMILES string of the molecule is CCC(C)C(CC)C(=O)NCN(Cc1ccccc1)Cc1ccccc1. The van der Waals surface area contributed by atoms with Crippen molar-refractivity contribution in [1.82, 2.24) is 10.2 Å². The van der Waals surface area contributed by atoms with Crippen LogP contribution >= 0.6 is 0 Å². The highest BCUT2D eigenvalue weighted by Gasteiger charge is 2.22. The molecule has 0 fully saturated rings. The third kappa shape index (κ3) is 6.30. The van der Waals surface area contributed by atoms with Gasteiger partial charge in [-0.1, -0.05) is 87.9 Å². The highest BCUT2D eigenvalue weighted by Crippen LogP contribution is 2.19. The zero-order chi connectivity index (χ0) is 18.8. The van der Waals surface area contributed by atoms with Gasteiger partial charge in [0.2, 0.25) is 5.91 Å². The van der Waals surface area contributed by atoms with Crippen molar-refractivity contribution in [1.29, 1.82) is 0 Å². The number of carbonyl (C=O) groups is 1. The van der Waals surface area contributed by atoms with Gasteiger partial charge in [0.25, 0.3) is 0 Å². The van der Waals surface area contributed by atoms with E-state index >= 15 is 0 Å². The molecule has 0 saturated carbocycles. The van der Waals surface area contributed by atoms with E-state index in [1.54, 1.807) is 0 Å². The summed E-state index contributed by atoms with van der Waals surface area (Å²) in [6, 6.07) is 20.8. The number of benzene rings is 2. The van der Waals surface area contributed by atoms with E-state index in [-0.39, 0.29) is 11.8 Å². The zero-order valence-electron chi connectivity index (χ0n) is 16.3. The Morgan fingerprint density at radius 3 is 1.81 bits per heavy atom. The molecule has 0 aromatic heterocycles. The predicted molar refractivity (Wildman–Crippen MR) is 108 cm³/mol. The van der Waals surface area contributed by atoms with Gasteiger partial charge in [-0.25, -0.2) is 0 Å². The highest BCUT2D eigenvalue weighted by molar-refractivity contribution is 5.78. The largest absolute Gasteiger partial charge is 0.343 e. The first-order chi connectivity index (χ1) is 12.6. The average molecular weight is 353 g/mol. The van der Waals surface area contributed by atoms with Crippen molar-refractivity contribution in [3.63, 3.8) is 0 Å². The smallest absolute Gasteiger partial charge is 0.224 e. The van der Waals surface area contributed by atoms with Crippen molar-refractivity contribution in [3.8, 4) is 0 Å². The van der Waals surface area contributed by atoms with Crippen LogP contribution in [0.15, 0.2) is 60.7 Å². The minimum Gasteiger partial charge on any atom is -0.343 e. The van der Waals surface area contributed by atoms with Gasteiger partial charge in [-0.3, -0.25) is 9.69 Å². The number of carbonyl (C=O) groups excluding carboxylic acids is 1. The summed E-state index contributed by atoms with van der Waals surface area (Å²) in [7, 11) is 0. The van der Waals surface area contributed by atoms with Gasteiger partial charge in [-0.2, -0.15) is 0 Å². The molecule has 2 aromatic rings. The second kappa shape index (κ2) is 10.8. The van der Waals surface area contributed by atoms with Crippen LogP contribution in [0.5, 0.6) is 0 Å². The maximum absolute atomic E-state index is 12.6. The molecule has 0 bridgehead atoms. The van der Waals surface area contributed by atoms with E-state index in [4.69, 9.17) is 0 Å². The average Bonchev–Trinajstić information content (AvgIpc) is 2.68. The predicted octanol–water partition coefficient (Wildman–Crippen LogP) is 4.83. The topological polar surface area (TPSA) is 32.3 Å². The molecule has 3 nitrogen and oxygen atoms in total. The fourth-order valence-electron chi connectivity index (χ4n) is 3.30. The number of hydrogen-bond acceptors (Lipinski definition) is 2. The quantitative estimate of drug-likeness (QED) is 0.621. The van der Waals surface area contributed by atoms with Gasteiger partial charge >= 0.3 is 0 Å². The summed E-state index contributed by atoms with van der Waals surface area (Å²) in [5, 5.41) is 3.18. The van der Waals surface area contributed by atoms with Gasteiger partial charge in [-0.05, 0) is 23.5 Å². The van der Waals surface area contributed by atoms with E-state index in [2.05, 4.69) is 79.5 Å². The number of amides is 1. The van der Waals surface area contributed by atoms with E-state index in [1.165, 1.54) is 11.1 Å². The molecule has 0 radical (unpaired) electrons. The maximum Gasteiger partial charge on any atom is 0.224 e. The first kappa shape index (κ1) is 20.2. The summed E-state index contributed by atoms with van der Waals surface area (Å²) in [5.41, 5.74) is 2.51. The second-order valence-electron chi connectivity index (χ2n) is 7.06. The molecule has 0 aliphatic rings. The molecule has 26 heavy (non-hydrogen) atoms. The summed E-state index contributed by atoms with van der Waals surface area (Å²) in [4.78, 5) is 14.9. The molecule has 2 unspecified atom stereocenters. The highest BCUT2D eigenvalue weighted by atomic mass is 16.2. The van der Waals surface area contributed by atoms with Gasteiger partial charge in [0, 0.05) is 19.0 Å². The summed E-state index contributed by atoms with van der Waals surface area (Å²) in [6.07, 6.45) is 1.92. The van der Waals surface area contributed by atoms with E-state index in [9.17, 15) is 4.79 Å². The van der Waals surface area contributed by atoms with Gasteiger partial charge in [-0.15, -0.1) is 0 Å². The molecule has 1 N–H and O–H groups in total. The van der Waals surface area contributed by atoms with Gasteiger partial charge < -0.3 is 5.32 Å². The first-order valence-electron chi connectivity index (χ1n) is 9.71. The van der Waals surface area contributed by atoms with Crippen LogP contribution < -0.4 is 5.32 Å². The van der Waals surface area contributed by atoms with E-state index in [0.717, 1.165) is 25.9 Å². The molecule has 2 rings (SSSR count). The number of nitrogens with zero attached hydrogens (tertiary/aromatic N) is 1. The van der Waals surface area contributed by atoms with Crippen molar-refractivity contribution < 1.29 is 4.79 Å². The standard InChI is InChI=1S/C23H32N2O/c1-4-19(3)22(5-2)23(26)24-18-25(16-20-12-8-6-9-13-20)17-21-14-10-7-11-15-21/h6-15,19,22H,4-5,16-18H2,1-3H3,(H,24,26). The van der Waals surface area contributed by atoms with Crippen LogP contribution in [-0.4, -0.2) is 17.5 Å². The van der Waals surface area contributed by atoms with Crippen LogP contribution in [0.1, 0.15) is 44.7 Å². The Morgan fingerprint density at radius 1 is 0.885 bits per heavy atom. The second-order valence-corrected chi connectivity index (χ2v) is 7.06. The van der Waals surface area contributed by atoms with Crippen molar-refractivity contribution >= 4 is 5.91 Å². The monoisotopic (exact) mass is 352 g/mol. The fourth-order valence-corrected chi connectivity index (χ4v) is 3.30. The Labute approximate surface area is 158 Å². The van der Waals surface area contributed by atoms with Crippen LogP contribution in [0.2, 0.25) is 0 Å². The molecule has 3 heteroatoms. The Morgan fingerprint density at radius 2 is 1.38 bits per heavy atom. The molecule has 0 spiro atoms. The van der Waals surface area contributed by atoms with Crippen LogP contribution in [-0.2, 0) is 17.9 Å². The van der Waals surface area contributed by atoms with Crippen molar-refractivity contribution in [2.45, 2.75) is 46.7 Å². The van der Waals surface area contributed by atoms with Crippen LogP contribution in [0.3, 0.4) is 0 Å².